The quantitative estimate of drug-likeness (QED) is 0.882. The van der Waals surface area contributed by atoms with Crippen molar-refractivity contribution in [2.75, 3.05) is 19.6 Å². The zero-order valence-electron chi connectivity index (χ0n) is 15.5. The number of carbonyl (C=O) groups is 2. The van der Waals surface area contributed by atoms with E-state index in [1.54, 1.807) is 19.1 Å². The molecule has 1 spiro atoms. The predicted octanol–water partition coefficient (Wildman–Crippen LogP) is 2.28. The number of ether oxygens (including phenoxy) is 1. The van der Waals surface area contributed by atoms with Gasteiger partial charge in [-0.2, -0.15) is 0 Å². The van der Waals surface area contributed by atoms with Gasteiger partial charge in [0.2, 0.25) is 5.91 Å². The highest BCUT2D eigenvalue weighted by Crippen LogP contribution is 2.55. The first-order valence-electron chi connectivity index (χ1n) is 9.98. The van der Waals surface area contributed by atoms with Crippen LogP contribution in [0.3, 0.4) is 0 Å². The average Bonchev–Trinajstić information content (AvgIpc) is 3.23. The lowest BCUT2D eigenvalue weighted by atomic mass is 9.73. The maximum Gasteiger partial charge on any atom is 0.251 e. The molecule has 3 saturated heterocycles. The van der Waals surface area contributed by atoms with E-state index in [0.29, 0.717) is 24.2 Å². The molecule has 2 bridgehead atoms. The number of hydrogen-bond acceptors (Lipinski definition) is 3. The summed E-state index contributed by atoms with van der Waals surface area (Å²) in [6, 6.07) is 4.56. The molecule has 0 unspecified atom stereocenters. The van der Waals surface area contributed by atoms with Crippen LogP contribution in [0.15, 0.2) is 18.2 Å². The molecule has 1 aliphatic carbocycles. The van der Waals surface area contributed by atoms with Crippen LogP contribution >= 0.6 is 0 Å². The summed E-state index contributed by atoms with van der Waals surface area (Å²) in [5, 5.41) is 2.97. The summed E-state index contributed by atoms with van der Waals surface area (Å²) in [6.45, 7) is 3.64. The highest BCUT2D eigenvalue weighted by molar-refractivity contribution is 5.94. The molecule has 0 aromatic heterocycles. The lowest BCUT2D eigenvalue weighted by Crippen LogP contribution is -2.41. The van der Waals surface area contributed by atoms with Crippen LogP contribution < -0.4 is 5.32 Å². The fraction of sp³-hybridized carbons (Fsp3) is 0.619. The number of benzene rings is 1. The standard InChI is InChI=1S/C21H25FN2O3/c1-12-2-3-14(8-17(12)22)19(25)23-9-15-16-10-24(20(26)13-4-5-13)11-21(16)7-6-18(15)27-21/h2-3,8,13,15-16,18H,4-7,9-11H2,1H3,(H,23,25)/t15-,16+,18+,21+/m0/s1. The molecule has 2 amide bonds. The van der Waals surface area contributed by atoms with E-state index in [2.05, 4.69) is 5.32 Å². The number of nitrogens with one attached hydrogen (secondary N) is 1. The number of halogens is 1. The van der Waals surface area contributed by atoms with Gasteiger partial charge in [-0.25, -0.2) is 4.39 Å². The lowest BCUT2D eigenvalue weighted by Gasteiger charge is -2.29. The van der Waals surface area contributed by atoms with Crippen molar-refractivity contribution >= 4 is 11.8 Å². The van der Waals surface area contributed by atoms with Crippen molar-refractivity contribution in [2.24, 2.45) is 17.8 Å². The molecule has 3 heterocycles. The third kappa shape index (κ3) is 2.76. The maximum absolute atomic E-state index is 13.7. The van der Waals surface area contributed by atoms with E-state index in [4.69, 9.17) is 4.74 Å². The molecule has 27 heavy (non-hydrogen) atoms. The zero-order valence-corrected chi connectivity index (χ0v) is 15.5. The Morgan fingerprint density at radius 2 is 2.15 bits per heavy atom. The molecule has 1 aromatic carbocycles. The molecule has 144 valence electrons. The second-order valence-corrected chi connectivity index (χ2v) is 8.70. The fourth-order valence-electron chi connectivity index (χ4n) is 5.27. The molecular formula is C21H25FN2O3. The average molecular weight is 372 g/mol. The van der Waals surface area contributed by atoms with Crippen molar-refractivity contribution in [1.82, 2.24) is 10.2 Å². The van der Waals surface area contributed by atoms with Crippen molar-refractivity contribution in [3.8, 4) is 0 Å². The molecule has 4 aliphatic rings. The van der Waals surface area contributed by atoms with Gasteiger partial charge in [0.05, 0.1) is 18.2 Å². The molecular weight excluding hydrogens is 347 g/mol. The van der Waals surface area contributed by atoms with Gasteiger partial charge in [-0.1, -0.05) is 6.07 Å². The van der Waals surface area contributed by atoms with Gasteiger partial charge in [0.25, 0.3) is 5.91 Å². The van der Waals surface area contributed by atoms with Gasteiger partial charge < -0.3 is 15.0 Å². The van der Waals surface area contributed by atoms with E-state index >= 15 is 0 Å². The fourth-order valence-corrected chi connectivity index (χ4v) is 5.27. The van der Waals surface area contributed by atoms with Crippen molar-refractivity contribution < 1.29 is 18.7 Å². The van der Waals surface area contributed by atoms with Crippen LogP contribution in [0, 0.1) is 30.5 Å². The van der Waals surface area contributed by atoms with Crippen molar-refractivity contribution in [3.63, 3.8) is 0 Å². The summed E-state index contributed by atoms with van der Waals surface area (Å²) < 4.78 is 20.1. The van der Waals surface area contributed by atoms with Crippen LogP contribution in [0.25, 0.3) is 0 Å². The molecule has 4 atom stereocenters. The Morgan fingerprint density at radius 1 is 1.33 bits per heavy atom. The van der Waals surface area contributed by atoms with Crippen molar-refractivity contribution in [1.29, 1.82) is 0 Å². The zero-order chi connectivity index (χ0) is 18.8. The summed E-state index contributed by atoms with van der Waals surface area (Å²) in [5.74, 6) is 0.393. The maximum atomic E-state index is 13.7. The summed E-state index contributed by atoms with van der Waals surface area (Å²) in [5.41, 5.74) is 0.663. The second-order valence-electron chi connectivity index (χ2n) is 8.70. The Bertz CT molecular complexity index is 809. The summed E-state index contributed by atoms with van der Waals surface area (Å²) >= 11 is 0. The molecule has 1 aromatic rings. The monoisotopic (exact) mass is 372 g/mol. The van der Waals surface area contributed by atoms with Crippen LogP contribution in [0.2, 0.25) is 0 Å². The highest BCUT2D eigenvalue weighted by Gasteiger charge is 2.63. The van der Waals surface area contributed by atoms with Gasteiger partial charge in [0.15, 0.2) is 0 Å². The Balaban J connectivity index is 1.26. The normalized spacial score (nSPS) is 34.0. The number of fused-ring (bicyclic) bond motifs is 1. The van der Waals surface area contributed by atoms with Crippen LogP contribution in [0.1, 0.15) is 41.6 Å². The molecule has 4 fully saturated rings. The van der Waals surface area contributed by atoms with E-state index < -0.39 is 0 Å². The first kappa shape index (κ1) is 17.2. The molecule has 5 rings (SSSR count). The number of likely N-dealkylation sites (tertiary alicyclic amines) is 1. The van der Waals surface area contributed by atoms with Crippen molar-refractivity contribution in [2.45, 2.75) is 44.3 Å². The first-order chi connectivity index (χ1) is 13.0. The van der Waals surface area contributed by atoms with Crippen LogP contribution in [-0.4, -0.2) is 48.1 Å². The minimum Gasteiger partial charge on any atom is -0.369 e. The number of aryl methyl sites for hydroxylation is 1. The van der Waals surface area contributed by atoms with E-state index in [0.717, 1.165) is 32.2 Å². The van der Waals surface area contributed by atoms with Crippen LogP contribution in [-0.2, 0) is 9.53 Å². The minimum atomic E-state index is -0.366. The Labute approximate surface area is 158 Å². The van der Waals surface area contributed by atoms with Gasteiger partial charge in [0.1, 0.15) is 5.82 Å². The van der Waals surface area contributed by atoms with Gasteiger partial charge in [-0.15, -0.1) is 0 Å². The van der Waals surface area contributed by atoms with Gasteiger partial charge in [-0.3, -0.25) is 9.59 Å². The molecule has 5 nitrogen and oxygen atoms in total. The van der Waals surface area contributed by atoms with Crippen molar-refractivity contribution in [3.05, 3.63) is 35.1 Å². The second kappa shape index (κ2) is 6.03. The van der Waals surface area contributed by atoms with E-state index in [1.807, 2.05) is 4.90 Å². The van der Waals surface area contributed by atoms with E-state index in [1.165, 1.54) is 6.07 Å². The third-order valence-corrected chi connectivity index (χ3v) is 6.95. The number of carbonyl (C=O) groups excluding carboxylic acids is 2. The third-order valence-electron chi connectivity index (χ3n) is 6.95. The Hall–Kier alpha value is -1.95. The van der Waals surface area contributed by atoms with Gasteiger partial charge in [-0.05, 0) is 50.3 Å². The van der Waals surface area contributed by atoms with E-state index in [9.17, 15) is 14.0 Å². The Morgan fingerprint density at radius 3 is 2.89 bits per heavy atom. The molecule has 1 saturated carbocycles. The molecule has 0 radical (unpaired) electrons. The van der Waals surface area contributed by atoms with Gasteiger partial charge in [0, 0.05) is 36.4 Å². The lowest BCUT2D eigenvalue weighted by molar-refractivity contribution is -0.133. The van der Waals surface area contributed by atoms with E-state index in [-0.39, 0.29) is 47.1 Å². The summed E-state index contributed by atoms with van der Waals surface area (Å²) in [7, 11) is 0. The molecule has 3 aliphatic heterocycles. The highest BCUT2D eigenvalue weighted by atomic mass is 19.1. The predicted molar refractivity (Wildman–Crippen MR) is 96.6 cm³/mol. The SMILES string of the molecule is Cc1ccc(C(=O)NC[C@H]2[C@H]3CN(C(=O)C4CC4)C[C@]34CC[C@H]2O4)cc1F. The number of nitrogens with zero attached hydrogens (tertiary/aromatic N) is 1. The summed E-state index contributed by atoms with van der Waals surface area (Å²) in [4.78, 5) is 26.9. The topological polar surface area (TPSA) is 58.6 Å². The van der Waals surface area contributed by atoms with Crippen LogP contribution in [0.5, 0.6) is 0 Å². The summed E-state index contributed by atoms with van der Waals surface area (Å²) in [6.07, 6.45) is 4.18. The molecule has 1 N–H and O–H groups in total. The Kier molecular flexibility index (Phi) is 3.83. The number of amides is 2. The number of hydrogen-bond donors (Lipinski definition) is 1. The minimum absolute atomic E-state index is 0.156. The van der Waals surface area contributed by atoms with Gasteiger partial charge >= 0.3 is 0 Å². The first-order valence-corrected chi connectivity index (χ1v) is 9.98. The molecule has 6 heteroatoms. The van der Waals surface area contributed by atoms with Crippen LogP contribution in [0.4, 0.5) is 4.39 Å². The number of rotatable bonds is 4. The smallest absolute Gasteiger partial charge is 0.251 e. The largest absolute Gasteiger partial charge is 0.369 e.